The third kappa shape index (κ3) is 3.33. The van der Waals surface area contributed by atoms with E-state index in [9.17, 15) is 4.79 Å². The minimum absolute atomic E-state index is 0.0351. The summed E-state index contributed by atoms with van der Waals surface area (Å²) in [6.07, 6.45) is 4.14. The molecule has 1 aliphatic rings. The number of aryl methyl sites for hydroxylation is 1. The first-order valence-corrected chi connectivity index (χ1v) is 7.32. The van der Waals surface area contributed by atoms with Crippen molar-refractivity contribution in [2.45, 2.75) is 38.6 Å². The normalized spacial score (nSPS) is 19.6. The molecule has 1 saturated heterocycles. The molecule has 18 heavy (non-hydrogen) atoms. The van der Waals surface area contributed by atoms with Crippen molar-refractivity contribution in [3.05, 3.63) is 28.2 Å². The van der Waals surface area contributed by atoms with Crippen LogP contribution in [0.3, 0.4) is 0 Å². The Bertz CT molecular complexity index is 428. The number of hydrogen-bond acceptors (Lipinski definition) is 2. The van der Waals surface area contributed by atoms with Crippen LogP contribution in [0.1, 0.15) is 31.7 Å². The zero-order valence-electron chi connectivity index (χ0n) is 10.6. The van der Waals surface area contributed by atoms with Gasteiger partial charge in [-0.3, -0.25) is 4.79 Å². The van der Waals surface area contributed by atoms with Gasteiger partial charge in [-0.05, 0) is 49.6 Å². The highest BCUT2D eigenvalue weighted by atomic mass is 79.9. The van der Waals surface area contributed by atoms with E-state index in [1.165, 1.54) is 6.42 Å². The summed E-state index contributed by atoms with van der Waals surface area (Å²) >= 11 is 3.45. The number of rotatable bonds is 3. The van der Waals surface area contributed by atoms with Gasteiger partial charge in [0.1, 0.15) is 0 Å². The van der Waals surface area contributed by atoms with E-state index in [0.29, 0.717) is 0 Å². The van der Waals surface area contributed by atoms with Crippen molar-refractivity contribution in [1.29, 1.82) is 0 Å². The third-order valence-corrected chi connectivity index (χ3v) is 3.83. The lowest BCUT2D eigenvalue weighted by atomic mass is 10.0. The first kappa shape index (κ1) is 13.6. The van der Waals surface area contributed by atoms with E-state index in [0.717, 1.165) is 41.5 Å². The van der Waals surface area contributed by atoms with Gasteiger partial charge < -0.3 is 10.6 Å². The van der Waals surface area contributed by atoms with Gasteiger partial charge in [0.25, 0.3) is 0 Å². The second-order valence-corrected chi connectivity index (χ2v) is 5.56. The molecule has 1 fully saturated rings. The van der Waals surface area contributed by atoms with Crippen LogP contribution in [0.5, 0.6) is 0 Å². The molecule has 2 rings (SSSR count). The average Bonchev–Trinajstić information content (AvgIpc) is 2.41. The summed E-state index contributed by atoms with van der Waals surface area (Å²) in [5, 5.41) is 6.30. The van der Waals surface area contributed by atoms with E-state index >= 15 is 0 Å². The molecule has 0 unspecified atom stereocenters. The number of amides is 1. The Morgan fingerprint density at radius 3 is 3.00 bits per heavy atom. The monoisotopic (exact) mass is 310 g/mol. The molecule has 3 nitrogen and oxygen atoms in total. The molecule has 1 heterocycles. The quantitative estimate of drug-likeness (QED) is 0.900. The van der Waals surface area contributed by atoms with Crippen molar-refractivity contribution in [1.82, 2.24) is 5.32 Å². The highest BCUT2D eigenvalue weighted by Gasteiger charge is 2.20. The molecular formula is C14H19BrN2O. The fourth-order valence-corrected chi connectivity index (χ4v) is 2.68. The molecule has 1 amide bonds. The van der Waals surface area contributed by atoms with E-state index in [1.807, 2.05) is 12.1 Å². The van der Waals surface area contributed by atoms with Crippen LogP contribution in [0.15, 0.2) is 22.7 Å². The number of carbonyl (C=O) groups is 1. The Morgan fingerprint density at radius 1 is 1.50 bits per heavy atom. The number of nitrogens with one attached hydrogen (secondary N) is 2. The van der Waals surface area contributed by atoms with Gasteiger partial charge in [0, 0.05) is 10.2 Å². The third-order valence-electron chi connectivity index (χ3n) is 3.33. The molecule has 2 N–H and O–H groups in total. The van der Waals surface area contributed by atoms with Crippen molar-refractivity contribution in [2.75, 3.05) is 11.9 Å². The van der Waals surface area contributed by atoms with Crippen molar-refractivity contribution >= 4 is 27.5 Å². The van der Waals surface area contributed by atoms with Gasteiger partial charge in [-0.1, -0.05) is 29.3 Å². The SMILES string of the molecule is CCc1cc(Br)ccc1NC(=O)[C@H]1CCCCN1. The Morgan fingerprint density at radius 2 is 2.33 bits per heavy atom. The first-order chi connectivity index (χ1) is 8.70. The molecule has 1 atom stereocenters. The summed E-state index contributed by atoms with van der Waals surface area (Å²) in [6, 6.07) is 5.95. The molecule has 0 radical (unpaired) electrons. The lowest BCUT2D eigenvalue weighted by Crippen LogP contribution is -2.43. The van der Waals surface area contributed by atoms with Crippen LogP contribution >= 0.6 is 15.9 Å². The zero-order chi connectivity index (χ0) is 13.0. The predicted octanol–water partition coefficient (Wildman–Crippen LogP) is 3.09. The minimum atomic E-state index is -0.0351. The highest BCUT2D eigenvalue weighted by Crippen LogP contribution is 2.22. The van der Waals surface area contributed by atoms with E-state index in [1.54, 1.807) is 0 Å². The molecule has 0 bridgehead atoms. The molecule has 0 aliphatic carbocycles. The maximum atomic E-state index is 12.1. The summed E-state index contributed by atoms with van der Waals surface area (Å²) in [6.45, 7) is 3.04. The van der Waals surface area contributed by atoms with Crippen molar-refractivity contribution in [2.24, 2.45) is 0 Å². The van der Waals surface area contributed by atoms with Crippen molar-refractivity contribution in [3.63, 3.8) is 0 Å². The van der Waals surface area contributed by atoms with Crippen LogP contribution in [0.2, 0.25) is 0 Å². The molecular weight excluding hydrogens is 292 g/mol. The summed E-state index contributed by atoms with van der Waals surface area (Å²) < 4.78 is 1.05. The van der Waals surface area contributed by atoms with Crippen molar-refractivity contribution < 1.29 is 4.79 Å². The van der Waals surface area contributed by atoms with Crippen molar-refractivity contribution in [3.8, 4) is 0 Å². The van der Waals surface area contributed by atoms with Gasteiger partial charge in [0.15, 0.2) is 0 Å². The summed E-state index contributed by atoms with van der Waals surface area (Å²) in [5.74, 6) is 0.0896. The van der Waals surface area contributed by atoms with E-state index in [4.69, 9.17) is 0 Å². The molecule has 98 valence electrons. The molecule has 1 aliphatic heterocycles. The summed E-state index contributed by atoms with van der Waals surface area (Å²) in [4.78, 5) is 12.1. The number of benzene rings is 1. The number of anilines is 1. The fraction of sp³-hybridized carbons (Fsp3) is 0.500. The summed E-state index contributed by atoms with van der Waals surface area (Å²) in [5.41, 5.74) is 2.09. The molecule has 4 heteroatoms. The van der Waals surface area contributed by atoms with Crippen LogP contribution in [0.25, 0.3) is 0 Å². The second kappa shape index (κ2) is 6.34. The number of carbonyl (C=O) groups excluding carboxylic acids is 1. The second-order valence-electron chi connectivity index (χ2n) is 4.65. The van der Waals surface area contributed by atoms with Gasteiger partial charge in [-0.2, -0.15) is 0 Å². The van der Waals surface area contributed by atoms with Gasteiger partial charge in [-0.25, -0.2) is 0 Å². The zero-order valence-corrected chi connectivity index (χ0v) is 12.2. The number of halogens is 1. The Hall–Kier alpha value is -0.870. The Balaban J connectivity index is 2.06. The highest BCUT2D eigenvalue weighted by molar-refractivity contribution is 9.10. The predicted molar refractivity (Wildman–Crippen MR) is 77.8 cm³/mol. The van der Waals surface area contributed by atoms with E-state index in [-0.39, 0.29) is 11.9 Å². The largest absolute Gasteiger partial charge is 0.324 e. The van der Waals surface area contributed by atoms with Gasteiger partial charge >= 0.3 is 0 Å². The van der Waals surface area contributed by atoms with E-state index < -0.39 is 0 Å². The van der Waals surface area contributed by atoms with Crippen LogP contribution in [-0.4, -0.2) is 18.5 Å². The van der Waals surface area contributed by atoms with Gasteiger partial charge in [0.05, 0.1) is 6.04 Å². The standard InChI is InChI=1S/C14H19BrN2O/c1-2-10-9-11(15)6-7-12(10)17-14(18)13-5-3-4-8-16-13/h6-7,9,13,16H,2-5,8H2,1H3,(H,17,18)/t13-/m1/s1. The minimum Gasteiger partial charge on any atom is -0.324 e. The lowest BCUT2D eigenvalue weighted by molar-refractivity contribution is -0.118. The Labute approximate surface area is 116 Å². The topological polar surface area (TPSA) is 41.1 Å². The smallest absolute Gasteiger partial charge is 0.241 e. The van der Waals surface area contributed by atoms with Crippen LogP contribution in [0, 0.1) is 0 Å². The lowest BCUT2D eigenvalue weighted by Gasteiger charge is -2.23. The van der Waals surface area contributed by atoms with Crippen LogP contribution < -0.4 is 10.6 Å². The maximum Gasteiger partial charge on any atom is 0.241 e. The maximum absolute atomic E-state index is 12.1. The molecule has 1 aromatic rings. The van der Waals surface area contributed by atoms with E-state index in [2.05, 4.69) is 39.6 Å². The number of piperidine rings is 1. The average molecular weight is 311 g/mol. The number of hydrogen-bond donors (Lipinski definition) is 2. The summed E-state index contributed by atoms with van der Waals surface area (Å²) in [7, 11) is 0. The fourth-order valence-electron chi connectivity index (χ4n) is 2.27. The molecule has 0 saturated carbocycles. The van der Waals surface area contributed by atoms with Gasteiger partial charge in [-0.15, -0.1) is 0 Å². The molecule has 1 aromatic carbocycles. The van der Waals surface area contributed by atoms with Crippen LogP contribution in [0.4, 0.5) is 5.69 Å². The Kier molecular flexibility index (Phi) is 4.78. The molecule has 0 aromatic heterocycles. The van der Waals surface area contributed by atoms with Crippen LogP contribution in [-0.2, 0) is 11.2 Å². The van der Waals surface area contributed by atoms with Gasteiger partial charge in [0.2, 0.25) is 5.91 Å². The molecule has 0 spiro atoms. The first-order valence-electron chi connectivity index (χ1n) is 6.53.